The van der Waals surface area contributed by atoms with E-state index in [0.717, 1.165) is 19.3 Å². The van der Waals surface area contributed by atoms with Gasteiger partial charge in [0.1, 0.15) is 24.1 Å². The Morgan fingerprint density at radius 1 is 1.19 bits per heavy atom. The monoisotopic (exact) mass is 376 g/mol. The number of rotatable bonds is 3. The average Bonchev–Trinajstić information content (AvgIpc) is 3.11. The molecule has 148 valence electrons. The molecule has 27 heavy (non-hydrogen) atoms. The van der Waals surface area contributed by atoms with Gasteiger partial charge in [0.05, 0.1) is 6.54 Å². The van der Waals surface area contributed by atoms with Gasteiger partial charge in [-0.25, -0.2) is 14.8 Å². The second kappa shape index (κ2) is 8.10. The van der Waals surface area contributed by atoms with E-state index in [1.54, 1.807) is 17.2 Å². The number of hydrogen-bond acceptors (Lipinski definition) is 6. The molecule has 0 radical (unpaired) electrons. The third-order valence-corrected chi connectivity index (χ3v) is 4.70. The zero-order chi connectivity index (χ0) is 19.4. The van der Waals surface area contributed by atoms with Crippen molar-refractivity contribution >= 4 is 12.0 Å². The van der Waals surface area contributed by atoms with Crippen molar-refractivity contribution in [1.82, 2.24) is 19.8 Å². The van der Waals surface area contributed by atoms with Crippen molar-refractivity contribution in [3.8, 4) is 5.88 Å². The molecule has 0 bridgehead atoms. The maximum atomic E-state index is 13.1. The summed E-state index contributed by atoms with van der Waals surface area (Å²) in [6.07, 6.45) is 5.77. The van der Waals surface area contributed by atoms with Crippen molar-refractivity contribution in [1.29, 1.82) is 0 Å². The predicted molar refractivity (Wildman–Crippen MR) is 98.2 cm³/mol. The zero-order valence-corrected chi connectivity index (χ0v) is 16.3. The smallest absolute Gasteiger partial charge is 0.410 e. The number of hydrogen-bond donors (Lipinski definition) is 0. The van der Waals surface area contributed by atoms with E-state index in [0.29, 0.717) is 31.9 Å². The van der Waals surface area contributed by atoms with E-state index in [4.69, 9.17) is 9.47 Å². The highest BCUT2D eigenvalue weighted by Gasteiger charge is 2.39. The number of nitrogens with zero attached hydrogens (tertiary/aromatic N) is 4. The van der Waals surface area contributed by atoms with Gasteiger partial charge in [-0.3, -0.25) is 9.69 Å². The van der Waals surface area contributed by atoms with Gasteiger partial charge in [-0.2, -0.15) is 0 Å². The van der Waals surface area contributed by atoms with Crippen LogP contribution in [-0.4, -0.2) is 69.1 Å². The lowest BCUT2D eigenvalue weighted by atomic mass is 10.1. The van der Waals surface area contributed by atoms with Crippen molar-refractivity contribution in [3.63, 3.8) is 0 Å². The number of piperidine rings is 1. The van der Waals surface area contributed by atoms with E-state index in [-0.39, 0.29) is 12.0 Å². The highest BCUT2D eigenvalue weighted by molar-refractivity contribution is 5.86. The van der Waals surface area contributed by atoms with Crippen molar-refractivity contribution in [3.05, 3.63) is 18.6 Å². The average molecular weight is 376 g/mol. The summed E-state index contributed by atoms with van der Waals surface area (Å²) < 4.78 is 11.4. The Labute approximate surface area is 159 Å². The molecule has 1 aromatic heterocycles. The molecule has 3 rings (SSSR count). The molecular weight excluding hydrogens is 348 g/mol. The van der Waals surface area contributed by atoms with Crippen molar-refractivity contribution in [2.45, 2.75) is 64.2 Å². The molecule has 8 nitrogen and oxygen atoms in total. The van der Waals surface area contributed by atoms with Gasteiger partial charge < -0.3 is 14.4 Å². The standard InChI is InChI=1S/C19H28N4O4/c1-19(2,3)27-18(25)23-11-5-7-15(23)17(24)22-10-4-6-14(12-22)26-16-8-9-20-13-21-16/h8-9,13-15H,4-7,10-12H2,1-3H3. The van der Waals surface area contributed by atoms with Crippen LogP contribution in [0, 0.1) is 0 Å². The van der Waals surface area contributed by atoms with E-state index in [1.165, 1.54) is 6.33 Å². The van der Waals surface area contributed by atoms with Gasteiger partial charge in [-0.15, -0.1) is 0 Å². The Morgan fingerprint density at radius 2 is 1.96 bits per heavy atom. The van der Waals surface area contributed by atoms with Gasteiger partial charge in [0, 0.05) is 25.4 Å². The topological polar surface area (TPSA) is 84.9 Å². The number of carbonyl (C=O) groups is 2. The lowest BCUT2D eigenvalue weighted by molar-refractivity contribution is -0.138. The van der Waals surface area contributed by atoms with Crippen LogP contribution >= 0.6 is 0 Å². The van der Waals surface area contributed by atoms with Crippen LogP contribution in [-0.2, 0) is 9.53 Å². The van der Waals surface area contributed by atoms with Gasteiger partial charge in [0.25, 0.3) is 0 Å². The molecule has 0 N–H and O–H groups in total. The van der Waals surface area contributed by atoms with Crippen LogP contribution in [0.1, 0.15) is 46.5 Å². The molecule has 3 heterocycles. The van der Waals surface area contributed by atoms with Crippen LogP contribution in [0.3, 0.4) is 0 Å². The largest absolute Gasteiger partial charge is 0.472 e. The normalized spacial score (nSPS) is 23.2. The molecule has 0 aromatic carbocycles. The van der Waals surface area contributed by atoms with Gasteiger partial charge in [-0.1, -0.05) is 0 Å². The Balaban J connectivity index is 1.61. The maximum absolute atomic E-state index is 13.1. The lowest BCUT2D eigenvalue weighted by Gasteiger charge is -2.36. The molecule has 2 unspecified atom stereocenters. The summed E-state index contributed by atoms with van der Waals surface area (Å²) in [5.74, 6) is 0.495. The molecule has 0 aliphatic carbocycles. The molecule has 2 aliphatic heterocycles. The Morgan fingerprint density at radius 3 is 2.67 bits per heavy atom. The van der Waals surface area contributed by atoms with E-state index in [1.807, 2.05) is 25.7 Å². The van der Waals surface area contributed by atoms with E-state index in [2.05, 4.69) is 9.97 Å². The lowest BCUT2D eigenvalue weighted by Crippen LogP contribution is -2.53. The van der Waals surface area contributed by atoms with E-state index < -0.39 is 17.7 Å². The predicted octanol–water partition coefficient (Wildman–Crippen LogP) is 2.25. The minimum absolute atomic E-state index is 0.0191. The molecule has 2 amide bonds. The van der Waals surface area contributed by atoms with Gasteiger partial charge in [-0.05, 0) is 46.5 Å². The Hall–Kier alpha value is -2.38. The number of amides is 2. The first-order valence-corrected chi connectivity index (χ1v) is 9.54. The second-order valence-electron chi connectivity index (χ2n) is 8.05. The molecule has 2 fully saturated rings. The maximum Gasteiger partial charge on any atom is 0.410 e. The highest BCUT2D eigenvalue weighted by Crippen LogP contribution is 2.24. The highest BCUT2D eigenvalue weighted by atomic mass is 16.6. The first kappa shape index (κ1) is 19.4. The van der Waals surface area contributed by atoms with Crippen LogP contribution in [0.5, 0.6) is 5.88 Å². The molecule has 8 heteroatoms. The molecule has 0 saturated carbocycles. The molecular formula is C19H28N4O4. The van der Waals surface area contributed by atoms with Crippen LogP contribution in [0.25, 0.3) is 0 Å². The summed E-state index contributed by atoms with van der Waals surface area (Å²) >= 11 is 0. The molecule has 2 saturated heterocycles. The SMILES string of the molecule is CC(C)(C)OC(=O)N1CCCC1C(=O)N1CCCC(Oc2ccncn2)C1. The van der Waals surface area contributed by atoms with E-state index in [9.17, 15) is 9.59 Å². The molecule has 1 aromatic rings. The van der Waals surface area contributed by atoms with Crippen molar-refractivity contribution < 1.29 is 19.1 Å². The number of likely N-dealkylation sites (tertiary alicyclic amines) is 2. The number of ether oxygens (including phenoxy) is 2. The van der Waals surface area contributed by atoms with Gasteiger partial charge in [0.2, 0.25) is 11.8 Å². The third kappa shape index (κ3) is 5.08. The Bertz CT molecular complexity index is 661. The fourth-order valence-corrected chi connectivity index (χ4v) is 3.53. The molecule has 2 atom stereocenters. The third-order valence-electron chi connectivity index (χ3n) is 4.70. The van der Waals surface area contributed by atoms with Crippen molar-refractivity contribution in [2.24, 2.45) is 0 Å². The summed E-state index contributed by atoms with van der Waals surface area (Å²) in [6.45, 7) is 7.23. The van der Waals surface area contributed by atoms with Crippen molar-refractivity contribution in [2.75, 3.05) is 19.6 Å². The first-order chi connectivity index (χ1) is 12.8. The zero-order valence-electron chi connectivity index (χ0n) is 16.3. The van der Waals surface area contributed by atoms with Crippen LogP contribution in [0.15, 0.2) is 18.6 Å². The minimum atomic E-state index is -0.575. The summed E-state index contributed by atoms with van der Waals surface area (Å²) in [4.78, 5) is 36.9. The second-order valence-corrected chi connectivity index (χ2v) is 8.05. The van der Waals surface area contributed by atoms with Crippen LogP contribution < -0.4 is 4.74 Å². The fourth-order valence-electron chi connectivity index (χ4n) is 3.53. The van der Waals surface area contributed by atoms with E-state index >= 15 is 0 Å². The molecule has 0 spiro atoms. The minimum Gasteiger partial charge on any atom is -0.472 e. The summed E-state index contributed by atoms with van der Waals surface area (Å²) in [6, 6.07) is 1.26. The van der Waals surface area contributed by atoms with Gasteiger partial charge >= 0.3 is 6.09 Å². The quantitative estimate of drug-likeness (QED) is 0.804. The van der Waals surface area contributed by atoms with Gasteiger partial charge in [0.15, 0.2) is 0 Å². The summed E-state index contributed by atoms with van der Waals surface area (Å²) in [5.41, 5.74) is -0.575. The fraction of sp³-hybridized carbons (Fsp3) is 0.684. The van der Waals surface area contributed by atoms with Crippen LogP contribution in [0.4, 0.5) is 4.79 Å². The van der Waals surface area contributed by atoms with Crippen LogP contribution in [0.2, 0.25) is 0 Å². The number of aromatic nitrogens is 2. The number of carbonyl (C=O) groups excluding carboxylic acids is 2. The Kier molecular flexibility index (Phi) is 5.82. The summed E-state index contributed by atoms with van der Waals surface area (Å²) in [7, 11) is 0. The first-order valence-electron chi connectivity index (χ1n) is 9.54. The molecule has 2 aliphatic rings. The summed E-state index contributed by atoms with van der Waals surface area (Å²) in [5, 5.41) is 0.